The molecule has 0 aliphatic carbocycles. The molecule has 14 heteroatoms. The van der Waals surface area contributed by atoms with Crippen LogP contribution in [0.15, 0.2) is 54.6 Å². The summed E-state index contributed by atoms with van der Waals surface area (Å²) in [5.41, 5.74) is 1.29. The van der Waals surface area contributed by atoms with E-state index in [1.54, 1.807) is 19.2 Å². The molecule has 5 rings (SSSR count). The number of fused-ring (bicyclic) bond motifs is 2. The Hall–Kier alpha value is -4.02. The summed E-state index contributed by atoms with van der Waals surface area (Å²) in [5.74, 6) is -1.39. The van der Waals surface area contributed by atoms with E-state index in [4.69, 9.17) is 47.4 Å². The van der Waals surface area contributed by atoms with Gasteiger partial charge in [0.2, 0.25) is 0 Å². The van der Waals surface area contributed by atoms with Gasteiger partial charge in [0.1, 0.15) is 41.0 Å². The van der Waals surface area contributed by atoms with Gasteiger partial charge in [-0.3, -0.25) is 4.90 Å². The summed E-state index contributed by atoms with van der Waals surface area (Å²) >= 11 is 0. The molecule has 2 aromatic carbocycles. The summed E-state index contributed by atoms with van der Waals surface area (Å²) in [6.07, 6.45) is 5.49. The summed E-state index contributed by atoms with van der Waals surface area (Å²) < 4.78 is 59.9. The number of cyclic esters (lactones) is 1. The van der Waals surface area contributed by atoms with Gasteiger partial charge < -0.3 is 52.7 Å². The molecule has 1 N–H and O–H groups in total. The van der Waals surface area contributed by atoms with Gasteiger partial charge in [0.25, 0.3) is 0 Å². The van der Waals surface area contributed by atoms with E-state index >= 15 is 0 Å². The van der Waals surface area contributed by atoms with Gasteiger partial charge >= 0.3 is 12.1 Å². The van der Waals surface area contributed by atoms with Crippen LogP contribution < -0.4 is 19.7 Å². The van der Waals surface area contributed by atoms with E-state index in [0.717, 1.165) is 11.3 Å². The van der Waals surface area contributed by atoms with Crippen molar-refractivity contribution in [2.45, 2.75) is 123 Å². The SMILES string of the molecule is COCOc1cc(N(CCNCC2COC(C)(C)O2)C(=O)OC(C)(C)C)cc2c1C(=O)O[C@@H](C)[C@H](C)C=C[C@@H](OCc1ccc(OC)cc1)[C@H]1OC(C)(C)O[C@H]1CC=C2. The van der Waals surface area contributed by atoms with E-state index in [1.807, 2.05) is 111 Å². The Labute approximate surface area is 349 Å². The average molecular weight is 825 g/mol. The molecule has 1 amide bonds. The molecule has 0 spiro atoms. The van der Waals surface area contributed by atoms with Gasteiger partial charge in [-0.05, 0) is 91.1 Å². The van der Waals surface area contributed by atoms with E-state index < -0.39 is 53.7 Å². The largest absolute Gasteiger partial charge is 0.497 e. The number of ether oxygens (including phenoxy) is 10. The number of carbonyl (C=O) groups excluding carboxylic acids is 2. The minimum Gasteiger partial charge on any atom is -0.497 e. The molecule has 2 saturated heterocycles. The van der Waals surface area contributed by atoms with E-state index in [-0.39, 0.29) is 36.7 Å². The molecule has 3 aliphatic heterocycles. The van der Waals surface area contributed by atoms with Crippen LogP contribution in [0.3, 0.4) is 0 Å². The van der Waals surface area contributed by atoms with Crippen LogP contribution in [-0.4, -0.2) is 107 Å². The van der Waals surface area contributed by atoms with E-state index in [9.17, 15) is 9.59 Å². The molecule has 0 saturated carbocycles. The molecular formula is C45H64N2O12. The highest BCUT2D eigenvalue weighted by molar-refractivity contribution is 5.99. The number of methoxy groups -OCH3 is 2. The van der Waals surface area contributed by atoms with Gasteiger partial charge in [-0.25, -0.2) is 9.59 Å². The van der Waals surface area contributed by atoms with Crippen LogP contribution in [0.2, 0.25) is 0 Å². The second-order valence-electron chi connectivity index (χ2n) is 17.0. The first-order chi connectivity index (χ1) is 27.9. The highest BCUT2D eigenvalue weighted by Crippen LogP contribution is 2.37. The number of esters is 1. The monoisotopic (exact) mass is 824 g/mol. The molecule has 0 bridgehead atoms. The lowest BCUT2D eigenvalue weighted by Gasteiger charge is -2.29. The van der Waals surface area contributed by atoms with E-state index in [0.29, 0.717) is 44.0 Å². The predicted octanol–water partition coefficient (Wildman–Crippen LogP) is 7.42. The highest BCUT2D eigenvalue weighted by Gasteiger charge is 2.44. The smallest absolute Gasteiger partial charge is 0.414 e. The highest BCUT2D eigenvalue weighted by atomic mass is 16.8. The molecule has 0 radical (unpaired) electrons. The van der Waals surface area contributed by atoms with E-state index in [1.165, 1.54) is 12.0 Å². The zero-order valence-corrected chi connectivity index (χ0v) is 36.5. The quantitative estimate of drug-likeness (QED) is 0.0928. The number of anilines is 1. The molecule has 3 heterocycles. The standard InChI is InChI=1S/C45H64N2O12/c1-29-15-20-36(52-26-31-16-18-34(51-11)19-17-31)40-37(57-45(8,9)58-40)14-12-13-32-23-33(24-38(53-28-50-10)39(32)41(48)55-30(29)2)47(42(49)59-43(3,4)5)22-21-46-25-35-27-54-44(6,7)56-35/h12-13,15-20,23-24,29-30,35-37,40,46H,14,21-22,25-28H2,1-11H3/t29-,30+,35?,36-,37+,40-/m1/s1. The first kappa shape index (κ1) is 46.1. The van der Waals surface area contributed by atoms with Crippen LogP contribution >= 0.6 is 0 Å². The maximum atomic E-state index is 14.2. The van der Waals surface area contributed by atoms with Crippen LogP contribution in [0, 0.1) is 5.92 Å². The first-order valence-electron chi connectivity index (χ1n) is 20.4. The fraction of sp³-hybridized carbons (Fsp3) is 0.600. The third-order valence-corrected chi connectivity index (χ3v) is 9.98. The fourth-order valence-corrected chi connectivity index (χ4v) is 6.93. The van der Waals surface area contributed by atoms with Gasteiger partial charge in [-0.15, -0.1) is 0 Å². The van der Waals surface area contributed by atoms with E-state index in [2.05, 4.69) is 5.32 Å². The summed E-state index contributed by atoms with van der Waals surface area (Å²) in [6.45, 7) is 18.6. The number of rotatable bonds is 13. The molecule has 0 aromatic heterocycles. The third-order valence-electron chi connectivity index (χ3n) is 9.98. The van der Waals surface area contributed by atoms with Crippen molar-refractivity contribution in [3.05, 3.63) is 71.3 Å². The van der Waals surface area contributed by atoms with Crippen molar-refractivity contribution in [3.63, 3.8) is 0 Å². The Balaban J connectivity index is 1.50. The Morgan fingerprint density at radius 2 is 1.73 bits per heavy atom. The topological polar surface area (TPSA) is 142 Å². The average Bonchev–Trinajstić information content (AvgIpc) is 3.68. The van der Waals surface area contributed by atoms with Gasteiger partial charge in [0.05, 0.1) is 38.2 Å². The van der Waals surface area contributed by atoms with Crippen molar-refractivity contribution in [1.82, 2.24) is 5.32 Å². The number of nitrogens with zero attached hydrogens (tertiary/aromatic N) is 1. The zero-order chi connectivity index (χ0) is 43.0. The lowest BCUT2D eigenvalue weighted by Crippen LogP contribution is -2.42. The van der Waals surface area contributed by atoms with Crippen molar-refractivity contribution in [3.8, 4) is 11.5 Å². The van der Waals surface area contributed by atoms with Crippen LogP contribution in [0.5, 0.6) is 11.5 Å². The number of nitrogens with one attached hydrogen (secondary N) is 1. The third kappa shape index (κ3) is 13.2. The number of amides is 1. The summed E-state index contributed by atoms with van der Waals surface area (Å²) in [5, 5.41) is 3.38. The van der Waals surface area contributed by atoms with Crippen LogP contribution in [0.4, 0.5) is 10.5 Å². The van der Waals surface area contributed by atoms with Crippen molar-refractivity contribution in [1.29, 1.82) is 0 Å². The van der Waals surface area contributed by atoms with Crippen molar-refractivity contribution >= 4 is 23.8 Å². The van der Waals surface area contributed by atoms with Crippen molar-refractivity contribution < 1.29 is 57.0 Å². The Morgan fingerprint density at radius 3 is 2.39 bits per heavy atom. The van der Waals surface area contributed by atoms with Gasteiger partial charge in [0.15, 0.2) is 18.4 Å². The molecular weight excluding hydrogens is 760 g/mol. The minimum absolute atomic E-state index is 0.133. The van der Waals surface area contributed by atoms with Gasteiger partial charge in [-0.2, -0.15) is 0 Å². The Kier molecular flexibility index (Phi) is 15.6. The van der Waals surface area contributed by atoms with Crippen LogP contribution in [0.25, 0.3) is 6.08 Å². The Morgan fingerprint density at radius 1 is 0.983 bits per heavy atom. The maximum Gasteiger partial charge on any atom is 0.414 e. The minimum atomic E-state index is -0.883. The molecule has 59 heavy (non-hydrogen) atoms. The normalized spacial score (nSPS) is 25.4. The zero-order valence-electron chi connectivity index (χ0n) is 36.5. The molecule has 3 aliphatic rings. The second-order valence-corrected chi connectivity index (χ2v) is 17.0. The number of hydrogen-bond donors (Lipinski definition) is 1. The van der Waals surface area contributed by atoms with Gasteiger partial charge in [0, 0.05) is 38.7 Å². The summed E-state index contributed by atoms with van der Waals surface area (Å²) in [7, 11) is 3.12. The fourth-order valence-electron chi connectivity index (χ4n) is 6.93. The molecule has 14 nitrogen and oxygen atoms in total. The number of hydrogen-bond acceptors (Lipinski definition) is 13. The molecule has 2 aromatic rings. The van der Waals surface area contributed by atoms with Gasteiger partial charge in [-0.1, -0.05) is 43.4 Å². The van der Waals surface area contributed by atoms with Crippen LogP contribution in [0.1, 0.15) is 90.2 Å². The van der Waals surface area contributed by atoms with Crippen LogP contribution in [-0.2, 0) is 44.5 Å². The summed E-state index contributed by atoms with van der Waals surface area (Å²) in [6, 6.07) is 11.1. The first-order valence-corrected chi connectivity index (χ1v) is 20.4. The predicted molar refractivity (Wildman–Crippen MR) is 223 cm³/mol. The number of benzene rings is 2. The lowest BCUT2D eigenvalue weighted by molar-refractivity contribution is -0.156. The maximum absolute atomic E-state index is 14.2. The molecule has 2 fully saturated rings. The number of carbonyl (C=O) groups is 2. The second kappa shape index (κ2) is 20.0. The molecule has 1 unspecified atom stereocenters. The summed E-state index contributed by atoms with van der Waals surface area (Å²) in [4.78, 5) is 29.6. The Bertz CT molecular complexity index is 1770. The molecule has 6 atom stereocenters. The van der Waals surface area contributed by atoms with Crippen molar-refractivity contribution in [2.24, 2.45) is 5.92 Å². The lowest BCUT2D eigenvalue weighted by atomic mass is 9.98. The molecule has 326 valence electrons. The van der Waals surface area contributed by atoms with Crippen molar-refractivity contribution in [2.75, 3.05) is 52.2 Å².